The normalized spacial score (nSPS) is 12.6. The van der Waals surface area contributed by atoms with Gasteiger partial charge in [0.2, 0.25) is 0 Å². The van der Waals surface area contributed by atoms with Crippen LogP contribution in [-0.4, -0.2) is 11.8 Å². The average molecular weight is 282 g/mol. The van der Waals surface area contributed by atoms with Crippen LogP contribution in [0.25, 0.3) is 0 Å². The molecule has 0 saturated carbocycles. The molecule has 0 radical (unpaired) electrons. The van der Waals surface area contributed by atoms with E-state index in [2.05, 4.69) is 11.6 Å². The number of rotatable bonds is 1. The van der Waals surface area contributed by atoms with E-state index in [1.165, 1.54) is 0 Å². The molecule has 0 nitrogen and oxygen atoms in total. The maximum Gasteiger partial charge on any atom is 0.393 e. The Morgan fingerprint density at radius 3 is 1.62 bits per heavy atom. The molecule has 80 valence electrons. The monoisotopic (exact) mass is 280 g/mol. The Morgan fingerprint density at radius 2 is 1.62 bits per heavy atom. The molecule has 8 heteroatoms. The minimum Gasteiger partial charge on any atom is -0.230 e. The SMILES string of the molecule is ClC=C(Cl)Cl.FC(Cl)CC(F)(F)F. The topological polar surface area (TPSA) is 0 Å². The van der Waals surface area contributed by atoms with Gasteiger partial charge in [-0.05, 0) is 0 Å². The fraction of sp³-hybridized carbons (Fsp3) is 0.600. The summed E-state index contributed by atoms with van der Waals surface area (Å²) in [4.78, 5) is 0. The number of alkyl halides is 5. The maximum absolute atomic E-state index is 11.2. The zero-order valence-electron chi connectivity index (χ0n) is 5.89. The predicted octanol–water partition coefficient (Wildman–Crippen LogP) is 4.97. The van der Waals surface area contributed by atoms with Gasteiger partial charge in [-0.15, -0.1) is 0 Å². The van der Waals surface area contributed by atoms with Crippen LogP contribution in [0.1, 0.15) is 6.42 Å². The molecule has 0 spiro atoms. The smallest absolute Gasteiger partial charge is 0.230 e. The molecule has 0 fully saturated rings. The minimum atomic E-state index is -4.48. The molecule has 0 amide bonds. The average Bonchev–Trinajstić information content (AvgIpc) is 1.83. The third-order valence-electron chi connectivity index (χ3n) is 0.468. The summed E-state index contributed by atoms with van der Waals surface area (Å²) in [5.74, 6) is 0. The Labute approximate surface area is 92.4 Å². The molecule has 1 atom stereocenters. The standard InChI is InChI=1S/C3H3ClF4.C2HCl3/c4-2(5)1-3(6,7)8;3-1-2(4)5/h2H,1H2;1H. The first-order valence-electron chi connectivity index (χ1n) is 2.65. The highest BCUT2D eigenvalue weighted by Gasteiger charge is 2.30. The van der Waals surface area contributed by atoms with Crippen LogP contribution >= 0.6 is 46.4 Å². The summed E-state index contributed by atoms with van der Waals surface area (Å²) in [6, 6.07) is 0. The Hall–Kier alpha value is 0.620. The molecule has 0 aliphatic rings. The minimum absolute atomic E-state index is 0.0895. The molecule has 13 heavy (non-hydrogen) atoms. The Bertz CT molecular complexity index is 149. The van der Waals surface area contributed by atoms with E-state index in [9.17, 15) is 17.6 Å². The van der Waals surface area contributed by atoms with Crippen molar-refractivity contribution in [3.63, 3.8) is 0 Å². The van der Waals surface area contributed by atoms with Crippen molar-refractivity contribution in [2.75, 3.05) is 0 Å². The lowest BCUT2D eigenvalue weighted by Crippen LogP contribution is -2.11. The van der Waals surface area contributed by atoms with Crippen LogP contribution in [0.4, 0.5) is 17.6 Å². The summed E-state index contributed by atoms with van der Waals surface area (Å²) >= 11 is 19.2. The van der Waals surface area contributed by atoms with E-state index in [4.69, 9.17) is 34.8 Å². The van der Waals surface area contributed by atoms with Gasteiger partial charge >= 0.3 is 6.18 Å². The molecule has 0 aliphatic heterocycles. The molecule has 0 saturated heterocycles. The lowest BCUT2D eigenvalue weighted by molar-refractivity contribution is -0.140. The predicted molar refractivity (Wildman–Crippen MR) is 47.1 cm³/mol. The molecule has 0 aromatic carbocycles. The summed E-state index contributed by atoms with van der Waals surface area (Å²) < 4.78 is 44.3. The van der Waals surface area contributed by atoms with Crippen molar-refractivity contribution in [2.45, 2.75) is 18.2 Å². The van der Waals surface area contributed by atoms with Crippen LogP contribution in [0, 0.1) is 0 Å². The van der Waals surface area contributed by atoms with Crippen LogP contribution in [0.2, 0.25) is 0 Å². The summed E-state index contributed by atoms with van der Waals surface area (Å²) in [5, 5.41) is 0. The molecule has 0 aromatic rings. The second kappa shape index (κ2) is 7.97. The maximum atomic E-state index is 11.2. The van der Waals surface area contributed by atoms with E-state index < -0.39 is 18.2 Å². The van der Waals surface area contributed by atoms with Gasteiger partial charge in [-0.1, -0.05) is 46.4 Å². The van der Waals surface area contributed by atoms with Gasteiger partial charge < -0.3 is 0 Å². The lowest BCUT2D eigenvalue weighted by Gasteiger charge is -2.03. The number of hydrogen-bond donors (Lipinski definition) is 0. The van der Waals surface area contributed by atoms with Crippen LogP contribution in [-0.2, 0) is 0 Å². The van der Waals surface area contributed by atoms with Crippen molar-refractivity contribution in [1.82, 2.24) is 0 Å². The van der Waals surface area contributed by atoms with Gasteiger partial charge in [0.1, 0.15) is 4.49 Å². The second-order valence-electron chi connectivity index (χ2n) is 1.61. The first kappa shape index (κ1) is 16.1. The summed E-state index contributed by atoms with van der Waals surface area (Å²) in [6.07, 6.45) is -6.06. The number of hydrogen-bond acceptors (Lipinski definition) is 0. The molecule has 0 rings (SSSR count). The van der Waals surface area contributed by atoms with Crippen molar-refractivity contribution in [3.8, 4) is 0 Å². The van der Waals surface area contributed by atoms with Gasteiger partial charge in [-0.25, -0.2) is 4.39 Å². The van der Waals surface area contributed by atoms with Gasteiger partial charge in [0.05, 0.1) is 6.42 Å². The van der Waals surface area contributed by atoms with Crippen molar-refractivity contribution in [2.24, 2.45) is 0 Å². The fourth-order valence-corrected chi connectivity index (χ4v) is 0.350. The fourth-order valence-electron chi connectivity index (χ4n) is 0.175. The molecule has 0 heterocycles. The van der Waals surface area contributed by atoms with Crippen LogP contribution in [0.15, 0.2) is 10.0 Å². The summed E-state index contributed by atoms with van der Waals surface area (Å²) in [5.41, 5.74) is -1.22. The van der Waals surface area contributed by atoms with E-state index in [0.717, 1.165) is 5.54 Å². The Kier molecular flexibility index (Phi) is 9.85. The third kappa shape index (κ3) is 24.5. The van der Waals surface area contributed by atoms with Crippen molar-refractivity contribution in [3.05, 3.63) is 10.0 Å². The highest BCUT2D eigenvalue weighted by molar-refractivity contribution is 6.58. The highest BCUT2D eigenvalue weighted by Crippen LogP contribution is 2.24. The van der Waals surface area contributed by atoms with E-state index >= 15 is 0 Å². The number of halogens is 8. The van der Waals surface area contributed by atoms with E-state index in [1.807, 2.05) is 0 Å². The zero-order chi connectivity index (χ0) is 11.1. The molecule has 0 aromatic heterocycles. The molecular formula is C5H4Cl4F4. The van der Waals surface area contributed by atoms with Gasteiger partial charge in [-0.2, -0.15) is 13.2 Å². The second-order valence-corrected chi connectivity index (χ2v) is 3.31. The third-order valence-corrected chi connectivity index (χ3v) is 1.28. The van der Waals surface area contributed by atoms with E-state index in [0.29, 0.717) is 0 Å². The van der Waals surface area contributed by atoms with Gasteiger partial charge in [0, 0.05) is 5.54 Å². The van der Waals surface area contributed by atoms with Crippen molar-refractivity contribution < 1.29 is 17.6 Å². The molecule has 1 unspecified atom stereocenters. The lowest BCUT2D eigenvalue weighted by atomic mass is 10.5. The summed E-state index contributed by atoms with van der Waals surface area (Å²) in [6.45, 7) is 0. The van der Waals surface area contributed by atoms with Crippen molar-refractivity contribution >= 4 is 46.4 Å². The summed E-state index contributed by atoms with van der Waals surface area (Å²) in [7, 11) is 0. The highest BCUT2D eigenvalue weighted by atomic mass is 35.5. The largest absolute Gasteiger partial charge is 0.393 e. The molecule has 0 N–H and O–H groups in total. The molecule has 0 aliphatic carbocycles. The first-order chi connectivity index (χ1) is 5.69. The van der Waals surface area contributed by atoms with Crippen LogP contribution in [0.3, 0.4) is 0 Å². The van der Waals surface area contributed by atoms with E-state index in [1.54, 1.807) is 0 Å². The van der Waals surface area contributed by atoms with Gasteiger partial charge in [0.25, 0.3) is 0 Å². The molecular weight excluding hydrogens is 278 g/mol. The van der Waals surface area contributed by atoms with E-state index in [-0.39, 0.29) is 4.49 Å². The Balaban J connectivity index is 0. The van der Waals surface area contributed by atoms with Gasteiger partial charge in [0.15, 0.2) is 5.63 Å². The first-order valence-corrected chi connectivity index (χ1v) is 4.28. The van der Waals surface area contributed by atoms with Crippen molar-refractivity contribution in [1.29, 1.82) is 0 Å². The Morgan fingerprint density at radius 1 is 1.31 bits per heavy atom. The quantitative estimate of drug-likeness (QED) is 0.470. The molecule has 0 bridgehead atoms. The van der Waals surface area contributed by atoms with Gasteiger partial charge in [-0.3, -0.25) is 0 Å². The van der Waals surface area contributed by atoms with Crippen LogP contribution < -0.4 is 0 Å². The zero-order valence-corrected chi connectivity index (χ0v) is 8.91. The van der Waals surface area contributed by atoms with Crippen LogP contribution in [0.5, 0.6) is 0 Å².